The number of nitrogens with one attached hydrogen (secondary N) is 2. The molecule has 1 aliphatic rings. The second-order valence-corrected chi connectivity index (χ2v) is 7.52. The molecule has 0 spiro atoms. The zero-order valence-corrected chi connectivity index (χ0v) is 15.4. The predicted molar refractivity (Wildman–Crippen MR) is 103 cm³/mol. The lowest BCUT2D eigenvalue weighted by Crippen LogP contribution is -2.44. The van der Waals surface area contributed by atoms with Crippen molar-refractivity contribution in [3.8, 4) is 0 Å². The third-order valence-electron chi connectivity index (χ3n) is 4.09. The van der Waals surface area contributed by atoms with E-state index < -0.39 is 0 Å². The maximum Gasteiger partial charge on any atom is 0.246 e. The number of likely N-dealkylation sites (tertiary alicyclic amines) is 1. The molecular formula is C18H23N5OS. The SMILES string of the molecule is C=CC(=O)N1CCCC(Nc2cc(C)cc(Nc3ncc(C)s3)n2)C1. The lowest BCUT2D eigenvalue weighted by atomic mass is 10.1. The van der Waals surface area contributed by atoms with Crippen LogP contribution in [0.3, 0.4) is 0 Å². The lowest BCUT2D eigenvalue weighted by Gasteiger charge is -2.32. The second kappa shape index (κ2) is 7.65. The molecule has 7 heteroatoms. The van der Waals surface area contributed by atoms with Gasteiger partial charge in [-0.15, -0.1) is 11.3 Å². The molecule has 1 unspecified atom stereocenters. The third-order valence-corrected chi connectivity index (χ3v) is 4.91. The topological polar surface area (TPSA) is 70.2 Å². The van der Waals surface area contributed by atoms with Gasteiger partial charge in [0.15, 0.2) is 5.13 Å². The Balaban J connectivity index is 1.69. The molecule has 25 heavy (non-hydrogen) atoms. The summed E-state index contributed by atoms with van der Waals surface area (Å²) in [6.45, 7) is 9.11. The van der Waals surface area contributed by atoms with Crippen LogP contribution in [0.2, 0.25) is 0 Å². The van der Waals surface area contributed by atoms with E-state index in [9.17, 15) is 4.79 Å². The first kappa shape index (κ1) is 17.4. The molecular weight excluding hydrogens is 334 g/mol. The smallest absolute Gasteiger partial charge is 0.246 e. The molecule has 1 atom stereocenters. The van der Waals surface area contributed by atoms with Crippen LogP contribution in [-0.4, -0.2) is 39.9 Å². The van der Waals surface area contributed by atoms with Crippen LogP contribution >= 0.6 is 11.3 Å². The highest BCUT2D eigenvalue weighted by atomic mass is 32.1. The van der Waals surface area contributed by atoms with Gasteiger partial charge in [-0.1, -0.05) is 6.58 Å². The first-order valence-corrected chi connectivity index (χ1v) is 9.21. The normalized spacial score (nSPS) is 17.2. The molecule has 3 rings (SSSR count). The number of pyridine rings is 1. The summed E-state index contributed by atoms with van der Waals surface area (Å²) < 4.78 is 0. The molecule has 1 amide bonds. The molecule has 0 radical (unpaired) electrons. The molecule has 1 saturated heterocycles. The Hall–Kier alpha value is -2.41. The average molecular weight is 357 g/mol. The lowest BCUT2D eigenvalue weighted by molar-refractivity contribution is -0.127. The number of nitrogens with zero attached hydrogens (tertiary/aromatic N) is 3. The number of carbonyl (C=O) groups is 1. The van der Waals surface area contributed by atoms with Crippen molar-refractivity contribution in [2.75, 3.05) is 23.7 Å². The van der Waals surface area contributed by atoms with E-state index in [2.05, 4.69) is 27.2 Å². The highest BCUT2D eigenvalue weighted by Crippen LogP contribution is 2.23. The monoisotopic (exact) mass is 357 g/mol. The van der Waals surface area contributed by atoms with Gasteiger partial charge in [0, 0.05) is 30.2 Å². The van der Waals surface area contributed by atoms with Crippen LogP contribution in [0.4, 0.5) is 16.8 Å². The number of piperidine rings is 1. The average Bonchev–Trinajstić information content (AvgIpc) is 2.98. The summed E-state index contributed by atoms with van der Waals surface area (Å²) in [4.78, 5) is 23.8. The molecule has 132 valence electrons. The van der Waals surface area contributed by atoms with Gasteiger partial charge in [0.25, 0.3) is 0 Å². The maximum absolute atomic E-state index is 11.8. The summed E-state index contributed by atoms with van der Waals surface area (Å²) in [5, 5.41) is 7.56. The fourth-order valence-electron chi connectivity index (χ4n) is 2.96. The standard InChI is InChI=1S/C18H23N5OS/c1-4-17(24)23-7-5-6-14(11-23)20-15-8-12(2)9-16(21-15)22-18-19-10-13(3)25-18/h4,8-10,14H,1,5-7,11H2,2-3H3,(H2,19,20,21,22). The molecule has 0 aromatic carbocycles. The second-order valence-electron chi connectivity index (χ2n) is 6.29. The van der Waals surface area contributed by atoms with Crippen molar-refractivity contribution in [2.24, 2.45) is 0 Å². The molecule has 0 saturated carbocycles. The van der Waals surface area contributed by atoms with E-state index in [1.54, 1.807) is 11.3 Å². The molecule has 0 bridgehead atoms. The minimum absolute atomic E-state index is 0.00908. The van der Waals surface area contributed by atoms with E-state index in [1.807, 2.05) is 37.1 Å². The first-order chi connectivity index (χ1) is 12.0. The summed E-state index contributed by atoms with van der Waals surface area (Å²) in [6, 6.07) is 4.21. The number of anilines is 3. The number of rotatable bonds is 5. The van der Waals surface area contributed by atoms with E-state index in [1.165, 1.54) is 6.08 Å². The van der Waals surface area contributed by atoms with Crippen LogP contribution < -0.4 is 10.6 Å². The van der Waals surface area contributed by atoms with Crippen LogP contribution in [0.1, 0.15) is 23.3 Å². The first-order valence-electron chi connectivity index (χ1n) is 8.39. The van der Waals surface area contributed by atoms with E-state index >= 15 is 0 Å². The van der Waals surface area contributed by atoms with E-state index in [0.717, 1.165) is 46.6 Å². The summed E-state index contributed by atoms with van der Waals surface area (Å²) in [6.07, 6.45) is 5.22. The minimum Gasteiger partial charge on any atom is -0.365 e. The van der Waals surface area contributed by atoms with Crippen LogP contribution in [0.5, 0.6) is 0 Å². The van der Waals surface area contributed by atoms with Crippen LogP contribution in [0.25, 0.3) is 0 Å². The Kier molecular flexibility index (Phi) is 5.33. The van der Waals surface area contributed by atoms with Gasteiger partial charge >= 0.3 is 0 Å². The van der Waals surface area contributed by atoms with Gasteiger partial charge in [-0.25, -0.2) is 9.97 Å². The van der Waals surface area contributed by atoms with Gasteiger partial charge in [-0.3, -0.25) is 4.79 Å². The Morgan fingerprint density at radius 3 is 2.92 bits per heavy atom. The van der Waals surface area contributed by atoms with Gasteiger partial charge in [0.05, 0.1) is 0 Å². The van der Waals surface area contributed by atoms with E-state index in [4.69, 9.17) is 0 Å². The van der Waals surface area contributed by atoms with Gasteiger partial charge in [0.2, 0.25) is 5.91 Å². The number of thiazole rings is 1. The molecule has 2 aromatic rings. The quantitative estimate of drug-likeness (QED) is 0.802. The number of aromatic nitrogens is 2. The molecule has 2 N–H and O–H groups in total. The van der Waals surface area contributed by atoms with Crippen molar-refractivity contribution in [3.05, 3.63) is 41.4 Å². The summed E-state index contributed by atoms with van der Waals surface area (Å²) in [5.41, 5.74) is 1.11. The highest BCUT2D eigenvalue weighted by Gasteiger charge is 2.22. The largest absolute Gasteiger partial charge is 0.365 e. The van der Waals surface area contributed by atoms with Crippen LogP contribution in [0, 0.1) is 13.8 Å². The predicted octanol–water partition coefficient (Wildman–Crippen LogP) is 3.49. The van der Waals surface area contributed by atoms with Crippen molar-refractivity contribution >= 4 is 34.0 Å². The molecule has 1 fully saturated rings. The molecule has 6 nitrogen and oxygen atoms in total. The highest BCUT2D eigenvalue weighted by molar-refractivity contribution is 7.15. The Bertz CT molecular complexity index is 773. The van der Waals surface area contributed by atoms with Crippen molar-refractivity contribution < 1.29 is 4.79 Å². The summed E-state index contributed by atoms with van der Waals surface area (Å²) >= 11 is 1.60. The maximum atomic E-state index is 11.8. The fourth-order valence-corrected chi connectivity index (χ4v) is 3.63. The number of hydrogen-bond donors (Lipinski definition) is 2. The minimum atomic E-state index is -0.00908. The van der Waals surface area contributed by atoms with Crippen LogP contribution in [-0.2, 0) is 4.79 Å². The Morgan fingerprint density at radius 2 is 2.20 bits per heavy atom. The number of amides is 1. The van der Waals surface area contributed by atoms with Crippen molar-refractivity contribution in [1.82, 2.24) is 14.9 Å². The van der Waals surface area contributed by atoms with Gasteiger partial charge in [-0.2, -0.15) is 0 Å². The summed E-state index contributed by atoms with van der Waals surface area (Å²) in [7, 11) is 0. The molecule has 1 aliphatic heterocycles. The van der Waals surface area contributed by atoms with Gasteiger partial charge in [-0.05, 0) is 50.5 Å². The van der Waals surface area contributed by atoms with E-state index in [0.29, 0.717) is 6.54 Å². The Morgan fingerprint density at radius 1 is 1.40 bits per heavy atom. The zero-order chi connectivity index (χ0) is 17.8. The van der Waals surface area contributed by atoms with Crippen molar-refractivity contribution in [3.63, 3.8) is 0 Å². The number of hydrogen-bond acceptors (Lipinski definition) is 6. The van der Waals surface area contributed by atoms with Gasteiger partial charge < -0.3 is 15.5 Å². The van der Waals surface area contributed by atoms with E-state index in [-0.39, 0.29) is 11.9 Å². The third kappa shape index (κ3) is 4.57. The van der Waals surface area contributed by atoms with Crippen molar-refractivity contribution in [2.45, 2.75) is 32.7 Å². The Labute approximate surface area is 152 Å². The fraction of sp³-hybridized carbons (Fsp3) is 0.389. The molecule has 0 aliphatic carbocycles. The number of aryl methyl sites for hydroxylation is 2. The summed E-state index contributed by atoms with van der Waals surface area (Å²) in [5.74, 6) is 1.57. The van der Waals surface area contributed by atoms with Crippen LogP contribution in [0.15, 0.2) is 31.0 Å². The molecule has 2 aromatic heterocycles. The van der Waals surface area contributed by atoms with Crippen molar-refractivity contribution in [1.29, 1.82) is 0 Å². The van der Waals surface area contributed by atoms with Gasteiger partial charge in [0.1, 0.15) is 11.6 Å². The molecule has 3 heterocycles. The zero-order valence-electron chi connectivity index (χ0n) is 14.6. The number of carbonyl (C=O) groups excluding carboxylic acids is 1.